The molecule has 18 heavy (non-hydrogen) atoms. The highest BCUT2D eigenvalue weighted by Gasteiger charge is 2.03. The van der Waals surface area contributed by atoms with Crippen LogP contribution in [-0.2, 0) is 0 Å². The molecule has 2 aromatic rings. The number of carbonyl (C=O) groups excluding carboxylic acids is 1. The summed E-state index contributed by atoms with van der Waals surface area (Å²) in [7, 11) is 0. The Morgan fingerprint density at radius 2 is 1.67 bits per heavy atom. The number of hydrogen-bond acceptors (Lipinski definition) is 1. The summed E-state index contributed by atoms with van der Waals surface area (Å²) in [5.74, 6) is 0. The van der Waals surface area contributed by atoms with Gasteiger partial charge in [0.05, 0.1) is 0 Å². The van der Waals surface area contributed by atoms with Gasteiger partial charge in [-0.2, -0.15) is 0 Å². The van der Waals surface area contributed by atoms with Crippen molar-refractivity contribution in [3.63, 3.8) is 0 Å². The molecule has 0 bridgehead atoms. The second kappa shape index (κ2) is 5.69. The molecule has 0 aliphatic rings. The highest BCUT2D eigenvalue weighted by atomic mass is 79.9. The van der Waals surface area contributed by atoms with Crippen LogP contribution in [0, 0.1) is 6.92 Å². The van der Waals surface area contributed by atoms with E-state index in [-0.39, 0.29) is 6.03 Å². The SMILES string of the molecule is Cc1ccccc1NC(=O)Nc1ccc(Br)cc1. The molecule has 0 aliphatic heterocycles. The van der Waals surface area contributed by atoms with Gasteiger partial charge in [-0.25, -0.2) is 4.79 Å². The number of rotatable bonds is 2. The van der Waals surface area contributed by atoms with Gasteiger partial charge < -0.3 is 10.6 Å². The van der Waals surface area contributed by atoms with E-state index in [4.69, 9.17) is 0 Å². The van der Waals surface area contributed by atoms with Crippen LogP contribution in [0.2, 0.25) is 0 Å². The normalized spacial score (nSPS) is 9.89. The van der Waals surface area contributed by atoms with Gasteiger partial charge in [-0.3, -0.25) is 0 Å². The molecule has 0 heterocycles. The predicted molar refractivity (Wildman–Crippen MR) is 78.0 cm³/mol. The van der Waals surface area contributed by atoms with Gasteiger partial charge in [0, 0.05) is 15.8 Å². The van der Waals surface area contributed by atoms with E-state index in [2.05, 4.69) is 26.6 Å². The van der Waals surface area contributed by atoms with E-state index in [1.54, 1.807) is 0 Å². The Balaban J connectivity index is 2.01. The maximum absolute atomic E-state index is 11.8. The maximum Gasteiger partial charge on any atom is 0.323 e. The zero-order valence-corrected chi connectivity index (χ0v) is 11.5. The van der Waals surface area contributed by atoms with Crippen molar-refractivity contribution < 1.29 is 4.79 Å². The Morgan fingerprint density at radius 3 is 2.33 bits per heavy atom. The lowest BCUT2D eigenvalue weighted by Crippen LogP contribution is -2.19. The molecule has 2 amide bonds. The number of halogens is 1. The number of amides is 2. The smallest absolute Gasteiger partial charge is 0.308 e. The van der Waals surface area contributed by atoms with Gasteiger partial charge in [-0.15, -0.1) is 0 Å². The van der Waals surface area contributed by atoms with Crippen LogP contribution < -0.4 is 10.6 Å². The van der Waals surface area contributed by atoms with Gasteiger partial charge in [0.25, 0.3) is 0 Å². The summed E-state index contributed by atoms with van der Waals surface area (Å²) in [4.78, 5) is 11.8. The van der Waals surface area contributed by atoms with E-state index in [0.29, 0.717) is 0 Å². The number of urea groups is 1. The van der Waals surface area contributed by atoms with Crippen LogP contribution in [0.15, 0.2) is 53.0 Å². The molecule has 0 spiro atoms. The molecule has 92 valence electrons. The third-order valence-corrected chi connectivity index (χ3v) is 3.02. The fourth-order valence-corrected chi connectivity index (χ4v) is 1.80. The molecule has 2 N–H and O–H groups in total. The number of hydrogen-bond donors (Lipinski definition) is 2. The molecule has 2 rings (SSSR count). The number of anilines is 2. The molecule has 3 nitrogen and oxygen atoms in total. The summed E-state index contributed by atoms with van der Waals surface area (Å²) in [5, 5.41) is 5.59. The Morgan fingerprint density at radius 1 is 1.00 bits per heavy atom. The largest absolute Gasteiger partial charge is 0.323 e. The highest BCUT2D eigenvalue weighted by Crippen LogP contribution is 2.16. The molecular weight excluding hydrogens is 292 g/mol. The monoisotopic (exact) mass is 304 g/mol. The molecule has 0 aromatic heterocycles. The first-order chi connectivity index (χ1) is 8.65. The molecule has 0 unspecified atom stereocenters. The van der Waals surface area contributed by atoms with Crippen molar-refractivity contribution in [1.29, 1.82) is 0 Å². The van der Waals surface area contributed by atoms with Crippen molar-refractivity contribution in [2.45, 2.75) is 6.92 Å². The van der Waals surface area contributed by atoms with E-state index in [0.717, 1.165) is 21.4 Å². The number of benzene rings is 2. The maximum atomic E-state index is 11.8. The zero-order valence-electron chi connectivity index (χ0n) is 9.91. The van der Waals surface area contributed by atoms with E-state index in [9.17, 15) is 4.79 Å². The molecule has 0 saturated carbocycles. The van der Waals surface area contributed by atoms with Gasteiger partial charge in [0.1, 0.15) is 0 Å². The zero-order chi connectivity index (χ0) is 13.0. The highest BCUT2D eigenvalue weighted by molar-refractivity contribution is 9.10. The molecule has 0 saturated heterocycles. The van der Waals surface area contributed by atoms with Gasteiger partial charge >= 0.3 is 6.03 Å². The Labute approximate surface area is 114 Å². The second-order valence-electron chi connectivity index (χ2n) is 3.90. The average Bonchev–Trinajstić information content (AvgIpc) is 2.35. The Bertz CT molecular complexity index is 552. The van der Waals surface area contributed by atoms with E-state index >= 15 is 0 Å². The van der Waals surface area contributed by atoms with Gasteiger partial charge in [0.15, 0.2) is 0 Å². The molecule has 0 atom stereocenters. The van der Waals surface area contributed by atoms with Crippen molar-refractivity contribution in [3.05, 3.63) is 58.6 Å². The van der Waals surface area contributed by atoms with Crippen molar-refractivity contribution in [2.24, 2.45) is 0 Å². The number of aryl methyl sites for hydroxylation is 1. The molecular formula is C14H13BrN2O. The third-order valence-electron chi connectivity index (χ3n) is 2.50. The molecule has 2 aromatic carbocycles. The van der Waals surface area contributed by atoms with Crippen molar-refractivity contribution in [2.75, 3.05) is 10.6 Å². The number of nitrogens with one attached hydrogen (secondary N) is 2. The third kappa shape index (κ3) is 3.34. The van der Waals surface area contributed by atoms with E-state index in [1.807, 2.05) is 55.5 Å². The summed E-state index contributed by atoms with van der Waals surface area (Å²) in [6, 6.07) is 14.8. The summed E-state index contributed by atoms with van der Waals surface area (Å²) in [6.07, 6.45) is 0. The van der Waals surface area contributed by atoms with Crippen LogP contribution in [-0.4, -0.2) is 6.03 Å². The lowest BCUT2D eigenvalue weighted by molar-refractivity contribution is 0.262. The van der Waals surface area contributed by atoms with E-state index in [1.165, 1.54) is 0 Å². The molecule has 0 radical (unpaired) electrons. The summed E-state index contributed by atoms with van der Waals surface area (Å²) < 4.78 is 0.979. The fourth-order valence-electron chi connectivity index (χ4n) is 1.53. The van der Waals surface area contributed by atoms with Crippen molar-refractivity contribution in [3.8, 4) is 0 Å². The average molecular weight is 305 g/mol. The molecule has 4 heteroatoms. The van der Waals surface area contributed by atoms with E-state index < -0.39 is 0 Å². The number of para-hydroxylation sites is 1. The quantitative estimate of drug-likeness (QED) is 0.848. The standard InChI is InChI=1S/C14H13BrN2O/c1-10-4-2-3-5-13(10)17-14(18)16-12-8-6-11(15)7-9-12/h2-9H,1H3,(H2,16,17,18). The van der Waals surface area contributed by atoms with Gasteiger partial charge in [-0.1, -0.05) is 34.1 Å². The first-order valence-corrected chi connectivity index (χ1v) is 6.33. The van der Waals surface area contributed by atoms with Crippen LogP contribution in [0.3, 0.4) is 0 Å². The van der Waals surface area contributed by atoms with Crippen LogP contribution >= 0.6 is 15.9 Å². The minimum absolute atomic E-state index is 0.244. The van der Waals surface area contributed by atoms with Crippen molar-refractivity contribution >= 4 is 33.3 Å². The first-order valence-electron chi connectivity index (χ1n) is 5.54. The Kier molecular flexibility index (Phi) is 3.99. The van der Waals surface area contributed by atoms with Crippen LogP contribution in [0.5, 0.6) is 0 Å². The minimum Gasteiger partial charge on any atom is -0.308 e. The molecule has 0 fully saturated rings. The minimum atomic E-state index is -0.244. The van der Waals surface area contributed by atoms with Crippen molar-refractivity contribution in [1.82, 2.24) is 0 Å². The summed E-state index contributed by atoms with van der Waals surface area (Å²) in [6.45, 7) is 1.95. The Hall–Kier alpha value is -1.81. The molecule has 0 aliphatic carbocycles. The van der Waals surface area contributed by atoms with Crippen LogP contribution in [0.4, 0.5) is 16.2 Å². The van der Waals surface area contributed by atoms with Gasteiger partial charge in [-0.05, 0) is 42.8 Å². The second-order valence-corrected chi connectivity index (χ2v) is 4.82. The lowest BCUT2D eigenvalue weighted by atomic mass is 10.2. The predicted octanol–water partition coefficient (Wildman–Crippen LogP) is 4.40. The first kappa shape index (κ1) is 12.6. The summed E-state index contributed by atoms with van der Waals surface area (Å²) >= 11 is 3.35. The lowest BCUT2D eigenvalue weighted by Gasteiger charge is -2.09. The van der Waals surface area contributed by atoms with Gasteiger partial charge in [0.2, 0.25) is 0 Å². The summed E-state index contributed by atoms with van der Waals surface area (Å²) in [5.41, 5.74) is 2.60. The van der Waals surface area contributed by atoms with Crippen LogP contribution in [0.25, 0.3) is 0 Å². The van der Waals surface area contributed by atoms with Crippen LogP contribution in [0.1, 0.15) is 5.56 Å². The topological polar surface area (TPSA) is 41.1 Å². The fraction of sp³-hybridized carbons (Fsp3) is 0.0714. The number of carbonyl (C=O) groups is 1.